The number of anilines is 2. The van der Waals surface area contributed by atoms with Gasteiger partial charge in [0.15, 0.2) is 5.11 Å². The first-order chi connectivity index (χ1) is 19.1. The van der Waals surface area contributed by atoms with Crippen LogP contribution >= 0.6 is 12.2 Å². The van der Waals surface area contributed by atoms with Crippen LogP contribution in [0.25, 0.3) is 11.3 Å². The van der Waals surface area contributed by atoms with E-state index in [1.807, 2.05) is 42.2 Å². The van der Waals surface area contributed by atoms with Gasteiger partial charge < -0.3 is 24.5 Å². The first kappa shape index (κ1) is 27.2. The third-order valence-corrected chi connectivity index (χ3v) is 7.42. The van der Waals surface area contributed by atoms with Crippen molar-refractivity contribution in [1.29, 1.82) is 0 Å². The second-order valence-electron chi connectivity index (χ2n) is 9.29. The fourth-order valence-corrected chi connectivity index (χ4v) is 5.68. The van der Waals surface area contributed by atoms with Crippen LogP contribution in [0.3, 0.4) is 0 Å². The summed E-state index contributed by atoms with van der Waals surface area (Å²) < 4.78 is 38.0. The van der Waals surface area contributed by atoms with Gasteiger partial charge in [0, 0.05) is 23.5 Å². The predicted octanol–water partition coefficient (Wildman–Crippen LogP) is 4.91. The lowest BCUT2D eigenvalue weighted by atomic mass is 10.0. The molecular formula is C28H26N4O6S2. The van der Waals surface area contributed by atoms with Crippen molar-refractivity contribution in [2.75, 3.05) is 23.0 Å². The number of sulfonamides is 1. The van der Waals surface area contributed by atoms with E-state index in [0.717, 1.165) is 23.1 Å². The number of furan rings is 1. The molecule has 10 nitrogen and oxygen atoms in total. The van der Waals surface area contributed by atoms with Gasteiger partial charge in [-0.15, -0.1) is 0 Å². The zero-order valence-electron chi connectivity index (χ0n) is 21.8. The van der Waals surface area contributed by atoms with Gasteiger partial charge >= 0.3 is 5.97 Å². The number of aryl methyl sites for hydroxylation is 1. The van der Waals surface area contributed by atoms with E-state index in [1.54, 1.807) is 42.6 Å². The highest BCUT2D eigenvalue weighted by molar-refractivity contribution is 7.92. The summed E-state index contributed by atoms with van der Waals surface area (Å²) >= 11 is 5.77. The Bertz CT molecular complexity index is 1700. The molecule has 4 aromatic rings. The van der Waals surface area contributed by atoms with Crippen LogP contribution in [0.4, 0.5) is 11.4 Å². The van der Waals surface area contributed by atoms with Gasteiger partial charge in [-0.3, -0.25) is 9.71 Å². The number of benzene rings is 2. The van der Waals surface area contributed by atoms with Crippen molar-refractivity contribution in [2.24, 2.45) is 0 Å². The van der Waals surface area contributed by atoms with Gasteiger partial charge in [0.2, 0.25) is 10.0 Å². The van der Waals surface area contributed by atoms with E-state index < -0.39 is 22.0 Å². The Hall–Kier alpha value is -4.42. The zero-order chi connectivity index (χ0) is 28.6. The molecule has 2 aromatic heterocycles. The SMILES string of the molecule is COc1cc(N2C(=S)N[C@H](c3ccccn3)[C@H]2c2ccc(-c3ccc(C(=O)O)cc3C)o2)ccc1NS(C)(=O)=O. The molecule has 1 aliphatic rings. The molecule has 2 atom stereocenters. The summed E-state index contributed by atoms with van der Waals surface area (Å²) in [6.45, 7) is 1.83. The molecule has 12 heteroatoms. The van der Waals surface area contributed by atoms with E-state index in [0.29, 0.717) is 33.8 Å². The Labute approximate surface area is 236 Å². The van der Waals surface area contributed by atoms with Crippen molar-refractivity contribution in [3.05, 3.63) is 95.5 Å². The summed E-state index contributed by atoms with van der Waals surface area (Å²) in [7, 11) is -2.07. The molecule has 0 spiro atoms. The van der Waals surface area contributed by atoms with Gasteiger partial charge in [-0.25, -0.2) is 13.2 Å². The van der Waals surface area contributed by atoms with Gasteiger partial charge in [-0.2, -0.15) is 0 Å². The number of hydrogen-bond acceptors (Lipinski definition) is 7. The Kier molecular flexibility index (Phi) is 7.21. The predicted molar refractivity (Wildman–Crippen MR) is 155 cm³/mol. The Morgan fingerprint density at radius 3 is 2.60 bits per heavy atom. The lowest BCUT2D eigenvalue weighted by Gasteiger charge is -2.27. The summed E-state index contributed by atoms with van der Waals surface area (Å²) in [6, 6.07) is 18.4. The zero-order valence-corrected chi connectivity index (χ0v) is 23.4. The Morgan fingerprint density at radius 1 is 1.15 bits per heavy atom. The quantitative estimate of drug-likeness (QED) is 0.248. The van der Waals surface area contributed by atoms with E-state index in [1.165, 1.54) is 7.11 Å². The van der Waals surface area contributed by atoms with Crippen LogP contribution in [0.2, 0.25) is 0 Å². The average molecular weight is 579 g/mol. The van der Waals surface area contributed by atoms with Gasteiger partial charge in [0.05, 0.1) is 36.4 Å². The van der Waals surface area contributed by atoms with Crippen LogP contribution < -0.4 is 19.7 Å². The molecule has 0 saturated carbocycles. The van der Waals surface area contributed by atoms with Gasteiger partial charge in [0.25, 0.3) is 0 Å². The molecule has 0 amide bonds. The molecule has 3 heterocycles. The first-order valence-corrected chi connectivity index (χ1v) is 14.5. The maximum atomic E-state index is 11.8. The van der Waals surface area contributed by atoms with Crippen LogP contribution in [0.15, 0.2) is 77.3 Å². The maximum Gasteiger partial charge on any atom is 0.335 e. The van der Waals surface area contributed by atoms with Crippen LogP contribution in [0.1, 0.15) is 39.5 Å². The third-order valence-electron chi connectivity index (χ3n) is 6.51. The summed E-state index contributed by atoms with van der Waals surface area (Å²) in [6.07, 6.45) is 2.77. The molecule has 0 aliphatic carbocycles. The van der Waals surface area contributed by atoms with Crippen molar-refractivity contribution >= 4 is 44.7 Å². The number of methoxy groups -OCH3 is 1. The monoisotopic (exact) mass is 578 g/mol. The molecule has 0 bridgehead atoms. The smallest absolute Gasteiger partial charge is 0.335 e. The molecule has 5 rings (SSSR count). The number of carboxylic acid groups (broad SMARTS) is 1. The van der Waals surface area contributed by atoms with E-state index in [-0.39, 0.29) is 11.6 Å². The largest absolute Gasteiger partial charge is 0.494 e. The van der Waals surface area contributed by atoms with Gasteiger partial charge in [0.1, 0.15) is 23.3 Å². The highest BCUT2D eigenvalue weighted by Gasteiger charge is 2.43. The number of carboxylic acids is 1. The summed E-state index contributed by atoms with van der Waals surface area (Å²) in [5, 5.41) is 13.1. The van der Waals surface area contributed by atoms with Gasteiger partial charge in [-0.05, 0) is 73.2 Å². The molecule has 1 aliphatic heterocycles. The standard InChI is InChI=1S/C28H26N4O6S2/c1-16-14-17(27(33)34)7-9-19(16)22-11-12-23(38-22)26-25(21-6-4-5-13-29-21)30-28(39)32(26)18-8-10-20(24(15-18)37-2)31-40(3,35)36/h4-15,25-26,31H,1-3H3,(H,30,39)(H,33,34)/t25-,26-/m1/s1. The highest BCUT2D eigenvalue weighted by Crippen LogP contribution is 2.44. The molecule has 0 unspecified atom stereocenters. The van der Waals surface area contributed by atoms with Crippen LogP contribution in [-0.4, -0.2) is 43.0 Å². The molecule has 1 fully saturated rings. The Morgan fingerprint density at radius 2 is 1.95 bits per heavy atom. The van der Waals surface area contributed by atoms with Crippen molar-refractivity contribution in [3.8, 4) is 17.1 Å². The average Bonchev–Trinajstić information content (AvgIpc) is 3.53. The number of ether oxygens (including phenoxy) is 1. The maximum absolute atomic E-state index is 11.8. The fourth-order valence-electron chi connectivity index (χ4n) is 4.77. The van der Waals surface area contributed by atoms with E-state index >= 15 is 0 Å². The van der Waals surface area contributed by atoms with E-state index in [2.05, 4.69) is 15.0 Å². The van der Waals surface area contributed by atoms with Crippen molar-refractivity contribution in [3.63, 3.8) is 0 Å². The summed E-state index contributed by atoms with van der Waals surface area (Å²) in [4.78, 5) is 17.8. The number of carbonyl (C=O) groups is 1. The minimum atomic E-state index is -3.52. The molecule has 2 aromatic carbocycles. The number of aromatic nitrogens is 1. The van der Waals surface area contributed by atoms with Crippen molar-refractivity contribution in [2.45, 2.75) is 19.0 Å². The lowest BCUT2D eigenvalue weighted by Crippen LogP contribution is -2.29. The number of pyridine rings is 1. The summed E-state index contributed by atoms with van der Waals surface area (Å²) in [5.41, 5.74) is 3.42. The number of rotatable bonds is 8. The van der Waals surface area contributed by atoms with Crippen LogP contribution in [0, 0.1) is 6.92 Å². The number of nitrogens with zero attached hydrogens (tertiary/aromatic N) is 2. The molecule has 206 valence electrons. The van der Waals surface area contributed by atoms with Gasteiger partial charge in [-0.1, -0.05) is 12.1 Å². The second-order valence-corrected chi connectivity index (χ2v) is 11.4. The van der Waals surface area contributed by atoms with Crippen molar-refractivity contribution in [1.82, 2.24) is 10.3 Å². The number of thiocarbonyl (C=S) groups is 1. The molecule has 3 N–H and O–H groups in total. The number of hydrogen-bond donors (Lipinski definition) is 3. The molecule has 1 saturated heterocycles. The van der Waals surface area contributed by atoms with E-state index in [4.69, 9.17) is 21.4 Å². The fraction of sp³-hybridized carbons (Fsp3) is 0.179. The van der Waals surface area contributed by atoms with Crippen LogP contribution in [0.5, 0.6) is 5.75 Å². The second kappa shape index (κ2) is 10.6. The lowest BCUT2D eigenvalue weighted by molar-refractivity contribution is 0.0696. The van der Waals surface area contributed by atoms with E-state index in [9.17, 15) is 18.3 Å². The third kappa shape index (κ3) is 5.36. The Balaban J connectivity index is 1.59. The minimum absolute atomic E-state index is 0.197. The number of aromatic carboxylic acids is 1. The van der Waals surface area contributed by atoms with Crippen LogP contribution in [-0.2, 0) is 10.0 Å². The highest BCUT2D eigenvalue weighted by atomic mass is 32.2. The molecular weight excluding hydrogens is 552 g/mol. The van der Waals surface area contributed by atoms with Crippen molar-refractivity contribution < 1.29 is 27.5 Å². The first-order valence-electron chi connectivity index (χ1n) is 12.2. The normalized spacial score (nSPS) is 17.0. The molecule has 0 radical (unpaired) electrons. The number of nitrogens with one attached hydrogen (secondary N) is 2. The minimum Gasteiger partial charge on any atom is -0.494 e. The molecule has 40 heavy (non-hydrogen) atoms. The topological polar surface area (TPSA) is 134 Å². The summed E-state index contributed by atoms with van der Waals surface area (Å²) in [5.74, 6) is 0.492.